The number of carbonyl (C=O) groups excluding carboxylic acids is 2. The van der Waals surface area contributed by atoms with Crippen LogP contribution in [0, 0.1) is 0 Å². The molecule has 13 rings (SSSR count). The van der Waals surface area contributed by atoms with Crippen LogP contribution in [0.25, 0.3) is 33.1 Å². The highest BCUT2D eigenvalue weighted by Crippen LogP contribution is 2.65. The van der Waals surface area contributed by atoms with E-state index in [2.05, 4.69) is 52.5 Å². The average molecular weight is 1730 g/mol. The lowest BCUT2D eigenvalue weighted by molar-refractivity contribution is -0.250. The van der Waals surface area contributed by atoms with Crippen LogP contribution in [-0.2, 0) is 101 Å². The first kappa shape index (κ1) is 87.3. The number of methoxy groups -OCH3 is 2. The molecule has 0 radical (unpaired) electrons. The highest BCUT2D eigenvalue weighted by atomic mass is 32.2. The highest BCUT2D eigenvalue weighted by Gasteiger charge is 2.55. The van der Waals surface area contributed by atoms with Crippen LogP contribution in [-0.4, -0.2) is 134 Å². The zero-order chi connectivity index (χ0) is 81.2. The van der Waals surface area contributed by atoms with Crippen molar-refractivity contribution in [3.05, 3.63) is 187 Å². The maximum Gasteiger partial charge on any atom is 0.514 e. The summed E-state index contributed by atoms with van der Waals surface area (Å²) >= 11 is 1.26. The van der Waals surface area contributed by atoms with Gasteiger partial charge in [0.25, 0.3) is 31.3 Å². The van der Waals surface area contributed by atoms with Crippen molar-refractivity contribution in [2.24, 2.45) is 0 Å². The summed E-state index contributed by atoms with van der Waals surface area (Å²) in [4.78, 5) is 129. The molecule has 3 aliphatic heterocycles. The van der Waals surface area contributed by atoms with Crippen LogP contribution < -0.4 is 59.4 Å². The molecule has 3 aliphatic rings. The summed E-state index contributed by atoms with van der Waals surface area (Å²) in [6, 6.07) is 39.9. The first-order valence-corrected chi connectivity index (χ1v) is 44.5. The Morgan fingerprint density at radius 1 is 0.557 bits per heavy atom. The lowest BCUT2D eigenvalue weighted by Gasteiger charge is -2.35. The fourth-order valence-corrected chi connectivity index (χ4v) is 20.4. The summed E-state index contributed by atoms with van der Waals surface area (Å²) in [6.07, 6.45) is -8.60. The number of rotatable bonds is 33. The minimum atomic E-state index is -6.25. The van der Waals surface area contributed by atoms with Gasteiger partial charge in [0.15, 0.2) is 64.6 Å². The minimum absolute atomic E-state index is 0. The van der Waals surface area contributed by atoms with Crippen LogP contribution in [0.3, 0.4) is 0 Å². The SMILES string of the molecule is C.CCCCNc1ncnc2c1ncn2[C@@H]1O[C@H](COP(=O)([O-])OP(=O)([O-])OP(=O)([O-])Cc2cccc3ccccc23)[C@H](OC(=O)Oc2cccc(OC)c2)C1OC(=O)Oc1cccc(OC)c1.CSc1nc(N)c2ncn([C@@H]3O[C@H](COP(=O)([O-])OP(=O)([O-])OP(=O)([O-])Cc4ccccc4)[C@@H]4OC(Cc5ccccc5)OC43)c2n1. The molecule has 9 unspecified atom stereocenters. The van der Waals surface area contributed by atoms with Gasteiger partial charge in [-0.3, -0.25) is 36.0 Å². The molecule has 10 aromatic rings. The molecule has 0 saturated carbocycles. The number of phosphoric acid groups is 4. The first-order valence-electron chi connectivity index (χ1n) is 34.0. The Balaban J connectivity index is 0.000000238. The number of aromatic nitrogens is 8. The first-order chi connectivity index (χ1) is 54.4. The van der Waals surface area contributed by atoms with Crippen molar-refractivity contribution in [1.82, 2.24) is 39.0 Å². The molecule has 4 aromatic heterocycles. The van der Waals surface area contributed by atoms with Gasteiger partial charge in [-0.05, 0) is 64.4 Å². The third-order valence-electron chi connectivity index (χ3n) is 16.8. The summed E-state index contributed by atoms with van der Waals surface area (Å²) in [5, 5.41) is 4.65. The van der Waals surface area contributed by atoms with Crippen molar-refractivity contribution >= 4 is 115 Å². The summed E-state index contributed by atoms with van der Waals surface area (Å²) in [5.41, 5.74) is 8.31. The number of phosphoric ester groups is 2. The van der Waals surface area contributed by atoms with E-state index < -0.39 is 140 Å². The van der Waals surface area contributed by atoms with E-state index in [0.29, 0.717) is 57.4 Å². The monoisotopic (exact) mass is 1730 g/mol. The Hall–Kier alpha value is -8.49. The van der Waals surface area contributed by atoms with Crippen molar-refractivity contribution < 1.29 is 140 Å². The van der Waals surface area contributed by atoms with E-state index in [4.69, 9.17) is 62.1 Å². The fourth-order valence-electron chi connectivity index (χ4n) is 12.0. The molecule has 3 saturated heterocycles. The lowest BCUT2D eigenvalue weighted by Crippen LogP contribution is -2.42. The number of nitrogens with zero attached hydrogens (tertiary/aromatic N) is 8. The average Bonchev–Trinajstić information content (AvgIpc) is 1.60. The highest BCUT2D eigenvalue weighted by molar-refractivity contribution is 7.98. The number of thioether (sulfide) groups is 1. The van der Waals surface area contributed by atoms with Crippen molar-refractivity contribution in [1.29, 1.82) is 0 Å². The number of imidazole rings is 2. The van der Waals surface area contributed by atoms with E-state index in [-0.39, 0.29) is 47.0 Å². The quantitative estimate of drug-likeness (QED) is 0.00968. The molecule has 7 heterocycles. The lowest BCUT2D eigenvalue weighted by atomic mass is 10.1. The number of nitrogens with one attached hydrogen (secondary N) is 1. The number of ether oxygens (including phenoxy) is 10. The number of fused-ring (bicyclic) bond motifs is 4. The van der Waals surface area contributed by atoms with E-state index in [0.717, 1.165) is 18.4 Å². The summed E-state index contributed by atoms with van der Waals surface area (Å²) < 4.78 is 163. The molecule has 15 atom stereocenters. The summed E-state index contributed by atoms with van der Waals surface area (Å²) in [6.45, 7) is 0.504. The smallest absolute Gasteiger partial charge is 0.514 e. The van der Waals surface area contributed by atoms with Gasteiger partial charge in [0.1, 0.15) is 74.4 Å². The molecule has 6 aromatic carbocycles. The molecule has 616 valence electrons. The summed E-state index contributed by atoms with van der Waals surface area (Å²) in [5.74, 6) is 0.979. The van der Waals surface area contributed by atoms with Crippen molar-refractivity contribution in [3.8, 4) is 23.0 Å². The molecule has 0 spiro atoms. The van der Waals surface area contributed by atoms with Crippen LogP contribution in [0.15, 0.2) is 176 Å². The molecular formula is C68H72N10O30P6S-6. The third kappa shape index (κ3) is 23.0. The van der Waals surface area contributed by atoms with Gasteiger partial charge in [-0.1, -0.05) is 148 Å². The van der Waals surface area contributed by atoms with Gasteiger partial charge in [0.2, 0.25) is 0 Å². The Kier molecular flexibility index (Phi) is 28.7. The van der Waals surface area contributed by atoms with Crippen molar-refractivity contribution in [2.75, 3.05) is 51.3 Å². The molecule has 115 heavy (non-hydrogen) atoms. The van der Waals surface area contributed by atoms with Crippen LogP contribution >= 0.6 is 58.2 Å². The number of nitrogen functional groups attached to an aromatic ring is 1. The number of unbranched alkanes of at least 4 members (excludes halogenated alkanes) is 1. The molecule has 0 aliphatic carbocycles. The largest absolute Gasteiger partial charge is 0.778 e. The molecule has 40 nitrogen and oxygen atoms in total. The van der Waals surface area contributed by atoms with Gasteiger partial charge in [-0.25, -0.2) is 48.1 Å². The van der Waals surface area contributed by atoms with Crippen molar-refractivity contribution in [3.63, 3.8) is 0 Å². The van der Waals surface area contributed by atoms with Crippen LogP contribution in [0.5, 0.6) is 23.0 Å². The number of carbonyl (C=O) groups is 2. The van der Waals surface area contributed by atoms with E-state index in [1.807, 2.05) is 37.3 Å². The molecule has 0 bridgehead atoms. The van der Waals surface area contributed by atoms with Crippen LogP contribution in [0.2, 0.25) is 0 Å². The molecule has 47 heteroatoms. The number of benzene rings is 6. The maximum atomic E-state index is 13.6. The van der Waals surface area contributed by atoms with E-state index in [1.165, 1.54) is 116 Å². The van der Waals surface area contributed by atoms with Crippen molar-refractivity contribution in [2.45, 2.75) is 106 Å². The van der Waals surface area contributed by atoms with Gasteiger partial charge in [0.05, 0.1) is 40.1 Å². The number of anilines is 2. The second kappa shape index (κ2) is 37.8. The minimum Gasteiger partial charge on any atom is -0.778 e. The molecule has 3 N–H and O–H groups in total. The van der Waals surface area contributed by atoms with Crippen LogP contribution in [0.1, 0.15) is 56.3 Å². The van der Waals surface area contributed by atoms with Gasteiger partial charge >= 0.3 is 12.3 Å². The molecule has 3 fully saturated rings. The number of nitrogens with two attached hydrogens (primary N) is 1. The Bertz CT molecular complexity index is 5380. The fraction of sp³-hybridized carbons (Fsp3) is 0.324. The molecular weight excluding hydrogens is 1650 g/mol. The number of hydrogen-bond acceptors (Lipinski definition) is 39. The third-order valence-corrected chi connectivity index (χ3v) is 26.6. The second-order valence-electron chi connectivity index (χ2n) is 24.8. The number of hydrogen-bond donors (Lipinski definition) is 2. The van der Waals surface area contributed by atoms with E-state index >= 15 is 0 Å². The van der Waals surface area contributed by atoms with Gasteiger partial charge < -0.3 is 106 Å². The zero-order valence-corrected chi connectivity index (χ0v) is 66.2. The van der Waals surface area contributed by atoms with Gasteiger partial charge in [-0.2, -0.15) is 0 Å². The predicted molar refractivity (Wildman–Crippen MR) is 396 cm³/mol. The second-order valence-corrected chi connectivity index (χ2v) is 35.3. The normalized spacial score (nSPS) is 22.3. The van der Waals surface area contributed by atoms with E-state index in [1.54, 1.807) is 65.4 Å². The molecule has 0 amide bonds. The predicted octanol–water partition coefficient (Wildman–Crippen LogP) is 8.77. The van der Waals surface area contributed by atoms with Gasteiger partial charge in [-0.15, -0.1) is 0 Å². The van der Waals surface area contributed by atoms with E-state index in [9.17, 15) is 66.3 Å². The Labute approximate surface area is 659 Å². The Morgan fingerprint density at radius 2 is 1.09 bits per heavy atom. The topological polar surface area (TPSA) is 548 Å². The summed E-state index contributed by atoms with van der Waals surface area (Å²) in [7, 11) is -31.8. The van der Waals surface area contributed by atoms with Gasteiger partial charge in [0, 0.05) is 37.4 Å². The zero-order valence-electron chi connectivity index (χ0n) is 60.0. The maximum absolute atomic E-state index is 13.6. The standard InChI is InChI=1S/C41H44N5O18P3.C26H30N5O12P3S.CH4/c1-4-5-19-42-37-34-38(44-24-43-37)46(25-45-34)39-36(62-41(48)59-31-17-10-15-29(21-31)56-3)35(61-40(47)58-30-16-9-14-28(20-30)55-2)33(60-39)22-57-66(51,52)64-67(53,54)63-65(49,50)23-27-13-8-12-26-11-6-7-18-32(26)27;1-47-26-29-23(27)20-24(30-26)31(15-28-20)25-22-21(40-19(41-22)12-16-8-4-2-5-9-16)18(39-25)13-38-45(34,35)43-46(36,37)42-44(32,33)14-17-10-6-3-7-11-17;/h6-18,20-21,24-25,33,35-36,39H,4-5,19,22-23H2,1-3H3,(H,49,50)(H,51,52)(H,53,54)(H,42,43,44);2-11,15,18-19,21-22,25H,12-14H2,1H3,(H,32,33)(H,34,35)(H,36,37)(H2,27,29,30);1H4/p-6/t33-,35+,36?,39-;18-,19?,21+,22?,25-;/m11./s1. The van der Waals surface area contributed by atoms with Crippen LogP contribution in [0.4, 0.5) is 21.2 Å². The Morgan fingerprint density at radius 3 is 1.70 bits per heavy atom.